The van der Waals surface area contributed by atoms with Crippen LogP contribution in [0.1, 0.15) is 39.2 Å². The Hall–Kier alpha value is -1.02. The number of benzene rings is 1. The summed E-state index contributed by atoms with van der Waals surface area (Å²) in [6.07, 6.45) is 2.26. The highest BCUT2D eigenvalue weighted by Crippen LogP contribution is 2.41. The molecule has 2 rings (SSSR count). The standard InChI is InChI=1S/C14H21NO/c1-13(2,3)10-14(7-8-15-14)11-5-4-6-12(16)9-11/h4-6,9,15-16H,7-8,10H2,1-3H3. The van der Waals surface area contributed by atoms with Gasteiger partial charge in [0.05, 0.1) is 0 Å². The van der Waals surface area contributed by atoms with Crippen LogP contribution in [0.5, 0.6) is 5.75 Å². The lowest BCUT2D eigenvalue weighted by molar-refractivity contribution is 0.131. The van der Waals surface area contributed by atoms with Gasteiger partial charge in [0.25, 0.3) is 0 Å². The second-order valence-corrected chi connectivity index (χ2v) is 6.05. The summed E-state index contributed by atoms with van der Waals surface area (Å²) in [4.78, 5) is 0. The van der Waals surface area contributed by atoms with E-state index in [0.29, 0.717) is 11.2 Å². The first-order valence-electron chi connectivity index (χ1n) is 5.96. The zero-order valence-electron chi connectivity index (χ0n) is 10.4. The van der Waals surface area contributed by atoms with Gasteiger partial charge in [-0.2, -0.15) is 0 Å². The third kappa shape index (κ3) is 2.22. The van der Waals surface area contributed by atoms with Crippen molar-refractivity contribution in [2.24, 2.45) is 5.41 Å². The predicted octanol–water partition coefficient (Wildman–Crippen LogP) is 3.02. The third-order valence-corrected chi connectivity index (χ3v) is 3.25. The lowest BCUT2D eigenvalue weighted by Crippen LogP contribution is -2.55. The van der Waals surface area contributed by atoms with E-state index in [1.807, 2.05) is 12.1 Å². The average Bonchev–Trinajstić information content (AvgIpc) is 2.10. The van der Waals surface area contributed by atoms with Gasteiger partial charge in [0.1, 0.15) is 5.75 Å². The third-order valence-electron chi connectivity index (χ3n) is 3.25. The SMILES string of the molecule is CC(C)(C)CC1(c2cccc(O)c2)CCN1. The smallest absolute Gasteiger partial charge is 0.115 e. The van der Waals surface area contributed by atoms with E-state index < -0.39 is 0 Å². The quantitative estimate of drug-likeness (QED) is 0.801. The molecule has 1 unspecified atom stereocenters. The zero-order valence-corrected chi connectivity index (χ0v) is 10.4. The van der Waals surface area contributed by atoms with Crippen molar-refractivity contribution in [3.63, 3.8) is 0 Å². The van der Waals surface area contributed by atoms with Crippen LogP contribution >= 0.6 is 0 Å². The van der Waals surface area contributed by atoms with Crippen LogP contribution in [-0.4, -0.2) is 11.7 Å². The van der Waals surface area contributed by atoms with Gasteiger partial charge in [0.2, 0.25) is 0 Å². The highest BCUT2D eigenvalue weighted by atomic mass is 16.3. The molecular formula is C14H21NO. The number of phenolic OH excluding ortho intramolecular Hbond substituents is 1. The van der Waals surface area contributed by atoms with Crippen molar-refractivity contribution in [3.05, 3.63) is 29.8 Å². The Morgan fingerprint density at radius 3 is 2.50 bits per heavy atom. The van der Waals surface area contributed by atoms with Crippen molar-refractivity contribution in [2.45, 2.75) is 39.2 Å². The molecule has 0 amide bonds. The first kappa shape index (κ1) is 11.5. The van der Waals surface area contributed by atoms with Gasteiger partial charge >= 0.3 is 0 Å². The van der Waals surface area contributed by atoms with Crippen molar-refractivity contribution in [1.82, 2.24) is 5.32 Å². The number of hydrogen-bond acceptors (Lipinski definition) is 2. The molecule has 1 fully saturated rings. The second kappa shape index (κ2) is 3.77. The summed E-state index contributed by atoms with van der Waals surface area (Å²) in [6, 6.07) is 7.65. The van der Waals surface area contributed by atoms with E-state index in [1.54, 1.807) is 6.07 Å². The predicted molar refractivity (Wildman–Crippen MR) is 66.5 cm³/mol. The fraction of sp³-hybridized carbons (Fsp3) is 0.571. The molecule has 0 spiro atoms. The summed E-state index contributed by atoms with van der Waals surface area (Å²) in [5, 5.41) is 13.1. The Balaban J connectivity index is 2.28. The zero-order chi connectivity index (χ0) is 11.8. The minimum absolute atomic E-state index is 0.0803. The molecule has 88 valence electrons. The maximum Gasteiger partial charge on any atom is 0.115 e. The van der Waals surface area contributed by atoms with E-state index in [0.717, 1.165) is 19.4 Å². The number of hydrogen-bond donors (Lipinski definition) is 2. The molecule has 1 aromatic carbocycles. The van der Waals surface area contributed by atoms with E-state index in [2.05, 4.69) is 32.2 Å². The summed E-state index contributed by atoms with van der Waals surface area (Å²) >= 11 is 0. The second-order valence-electron chi connectivity index (χ2n) is 6.05. The van der Waals surface area contributed by atoms with Crippen LogP contribution in [0.4, 0.5) is 0 Å². The highest BCUT2D eigenvalue weighted by Gasteiger charge is 2.41. The first-order valence-corrected chi connectivity index (χ1v) is 5.96. The number of aromatic hydroxyl groups is 1. The maximum absolute atomic E-state index is 9.57. The minimum atomic E-state index is 0.0803. The molecule has 0 radical (unpaired) electrons. The Morgan fingerprint density at radius 1 is 1.38 bits per heavy atom. The van der Waals surface area contributed by atoms with Gasteiger partial charge in [-0.1, -0.05) is 32.9 Å². The molecule has 1 aliphatic rings. The summed E-state index contributed by atoms with van der Waals surface area (Å²) in [5.74, 6) is 0.361. The van der Waals surface area contributed by atoms with Crippen LogP contribution in [0.15, 0.2) is 24.3 Å². The van der Waals surface area contributed by atoms with Crippen molar-refractivity contribution in [2.75, 3.05) is 6.54 Å². The van der Waals surface area contributed by atoms with E-state index in [1.165, 1.54) is 5.56 Å². The van der Waals surface area contributed by atoms with Gasteiger partial charge in [0, 0.05) is 5.54 Å². The van der Waals surface area contributed by atoms with Crippen LogP contribution < -0.4 is 5.32 Å². The molecule has 2 nitrogen and oxygen atoms in total. The van der Waals surface area contributed by atoms with Gasteiger partial charge in [-0.3, -0.25) is 0 Å². The summed E-state index contributed by atoms with van der Waals surface area (Å²) in [5.41, 5.74) is 1.59. The van der Waals surface area contributed by atoms with Crippen LogP contribution in [0.2, 0.25) is 0 Å². The van der Waals surface area contributed by atoms with Crippen LogP contribution in [0, 0.1) is 5.41 Å². The van der Waals surface area contributed by atoms with Crippen LogP contribution in [0.25, 0.3) is 0 Å². The van der Waals surface area contributed by atoms with Crippen LogP contribution in [0.3, 0.4) is 0 Å². The minimum Gasteiger partial charge on any atom is -0.508 e. The summed E-state index contributed by atoms with van der Waals surface area (Å²) in [7, 11) is 0. The van der Waals surface area contributed by atoms with Gasteiger partial charge in [-0.25, -0.2) is 0 Å². The molecule has 1 aromatic rings. The molecule has 16 heavy (non-hydrogen) atoms. The molecule has 2 heteroatoms. The Bertz CT molecular complexity index is 375. The number of nitrogens with one attached hydrogen (secondary N) is 1. The highest BCUT2D eigenvalue weighted by molar-refractivity contribution is 5.34. The maximum atomic E-state index is 9.57. The summed E-state index contributed by atoms with van der Waals surface area (Å²) in [6.45, 7) is 7.86. The van der Waals surface area contributed by atoms with Crippen molar-refractivity contribution < 1.29 is 5.11 Å². The first-order chi connectivity index (χ1) is 7.41. The lowest BCUT2D eigenvalue weighted by Gasteiger charge is -2.47. The average molecular weight is 219 g/mol. The fourth-order valence-electron chi connectivity index (χ4n) is 2.64. The molecule has 1 heterocycles. The number of rotatable bonds is 2. The molecule has 1 aliphatic heterocycles. The number of phenols is 1. The van der Waals surface area contributed by atoms with Gasteiger partial charge < -0.3 is 10.4 Å². The summed E-state index contributed by atoms with van der Waals surface area (Å²) < 4.78 is 0. The topological polar surface area (TPSA) is 32.3 Å². The van der Waals surface area contributed by atoms with E-state index in [4.69, 9.17) is 0 Å². The molecule has 0 aromatic heterocycles. The van der Waals surface area contributed by atoms with E-state index >= 15 is 0 Å². The van der Waals surface area contributed by atoms with E-state index in [9.17, 15) is 5.11 Å². The lowest BCUT2D eigenvalue weighted by atomic mass is 9.70. The molecular weight excluding hydrogens is 198 g/mol. The molecule has 1 saturated heterocycles. The molecule has 0 aliphatic carbocycles. The van der Waals surface area contributed by atoms with Crippen molar-refractivity contribution in [1.29, 1.82) is 0 Å². The van der Waals surface area contributed by atoms with Crippen molar-refractivity contribution >= 4 is 0 Å². The van der Waals surface area contributed by atoms with Crippen LogP contribution in [-0.2, 0) is 5.54 Å². The van der Waals surface area contributed by atoms with E-state index in [-0.39, 0.29) is 5.54 Å². The molecule has 2 N–H and O–H groups in total. The van der Waals surface area contributed by atoms with Gasteiger partial charge in [-0.15, -0.1) is 0 Å². The van der Waals surface area contributed by atoms with Crippen molar-refractivity contribution in [3.8, 4) is 5.75 Å². The molecule has 0 saturated carbocycles. The normalized spacial score (nSPS) is 25.2. The Kier molecular flexibility index (Phi) is 2.70. The Labute approximate surface area is 97.7 Å². The van der Waals surface area contributed by atoms with Gasteiger partial charge in [-0.05, 0) is 42.5 Å². The Morgan fingerprint density at radius 2 is 2.06 bits per heavy atom. The van der Waals surface area contributed by atoms with Gasteiger partial charge in [0.15, 0.2) is 0 Å². The monoisotopic (exact) mass is 219 g/mol. The molecule has 0 bridgehead atoms. The fourth-order valence-corrected chi connectivity index (χ4v) is 2.64. The molecule has 1 atom stereocenters. The largest absolute Gasteiger partial charge is 0.508 e.